The van der Waals surface area contributed by atoms with E-state index in [-0.39, 0.29) is 24.8 Å². The smallest absolute Gasteiger partial charge is 0.0949 e. The van der Waals surface area contributed by atoms with Gasteiger partial charge in [0.1, 0.15) is 0 Å². The Hall–Kier alpha value is -0.590. The van der Waals surface area contributed by atoms with Gasteiger partial charge in [0.25, 0.3) is 0 Å². The average Bonchev–Trinajstić information content (AvgIpc) is 2.81. The van der Waals surface area contributed by atoms with Gasteiger partial charge in [0, 0.05) is 43.3 Å². The van der Waals surface area contributed by atoms with Crippen LogP contribution in [0.3, 0.4) is 0 Å². The Labute approximate surface area is 151 Å². The lowest BCUT2D eigenvalue weighted by atomic mass is 10.1. The Balaban J connectivity index is 0.00000121. The van der Waals surface area contributed by atoms with Crippen LogP contribution in [-0.2, 0) is 20.0 Å². The standard InChI is InChI=1S/C15H18BrN3O.2ClH/c1-18-10-17-13-8-19(7-6-14(13)18)9-15(20)11-2-4-12(16)5-3-11;;/h2-5,10,15,20H,6-9H2,1H3;2*1H. The predicted octanol–water partition coefficient (Wildman–Crippen LogP) is 3.12. The second-order valence-corrected chi connectivity index (χ2v) is 6.22. The first-order chi connectivity index (χ1) is 9.63. The van der Waals surface area contributed by atoms with Crippen molar-refractivity contribution in [3.8, 4) is 0 Å². The lowest BCUT2D eigenvalue weighted by molar-refractivity contribution is 0.105. The molecule has 4 nitrogen and oxygen atoms in total. The molecule has 1 N–H and O–H groups in total. The van der Waals surface area contributed by atoms with Gasteiger partial charge < -0.3 is 9.67 Å². The van der Waals surface area contributed by atoms with Crippen molar-refractivity contribution in [2.24, 2.45) is 7.05 Å². The van der Waals surface area contributed by atoms with Crippen LogP contribution in [-0.4, -0.2) is 32.6 Å². The van der Waals surface area contributed by atoms with E-state index in [0.29, 0.717) is 6.54 Å². The molecule has 1 aliphatic rings. The minimum Gasteiger partial charge on any atom is -0.387 e. The highest BCUT2D eigenvalue weighted by Gasteiger charge is 2.22. The molecule has 1 aliphatic heterocycles. The van der Waals surface area contributed by atoms with E-state index in [1.807, 2.05) is 37.6 Å². The van der Waals surface area contributed by atoms with E-state index in [2.05, 4.69) is 30.4 Å². The highest BCUT2D eigenvalue weighted by Crippen LogP contribution is 2.21. The number of hydrogen-bond donors (Lipinski definition) is 1. The number of aliphatic hydroxyl groups is 1. The Morgan fingerprint density at radius 2 is 1.95 bits per heavy atom. The number of aryl methyl sites for hydroxylation is 1. The Bertz CT molecular complexity index is 603. The number of fused-ring (bicyclic) bond motifs is 1. The summed E-state index contributed by atoms with van der Waals surface area (Å²) >= 11 is 3.41. The normalized spacial score (nSPS) is 15.4. The Kier molecular flexibility index (Phi) is 7.35. The summed E-state index contributed by atoms with van der Waals surface area (Å²) in [5, 5.41) is 10.3. The summed E-state index contributed by atoms with van der Waals surface area (Å²) in [6.07, 6.45) is 2.42. The summed E-state index contributed by atoms with van der Waals surface area (Å²) in [6, 6.07) is 7.85. The molecular formula is C15H20BrCl2N3O. The summed E-state index contributed by atoms with van der Waals surface area (Å²) in [5.41, 5.74) is 3.42. The zero-order valence-electron chi connectivity index (χ0n) is 12.3. The average molecular weight is 409 g/mol. The van der Waals surface area contributed by atoms with Gasteiger partial charge in [-0.2, -0.15) is 0 Å². The van der Waals surface area contributed by atoms with Crippen LogP contribution < -0.4 is 0 Å². The van der Waals surface area contributed by atoms with Crippen molar-refractivity contribution >= 4 is 40.7 Å². The molecule has 22 heavy (non-hydrogen) atoms. The predicted molar refractivity (Wildman–Crippen MR) is 95.8 cm³/mol. The zero-order valence-corrected chi connectivity index (χ0v) is 15.5. The number of nitrogens with zero attached hydrogens (tertiary/aromatic N) is 3. The van der Waals surface area contributed by atoms with Crippen molar-refractivity contribution in [1.29, 1.82) is 0 Å². The number of aliphatic hydroxyl groups excluding tert-OH is 1. The van der Waals surface area contributed by atoms with Gasteiger partial charge in [-0.05, 0) is 17.7 Å². The van der Waals surface area contributed by atoms with Crippen molar-refractivity contribution in [1.82, 2.24) is 14.5 Å². The highest BCUT2D eigenvalue weighted by atomic mass is 79.9. The van der Waals surface area contributed by atoms with Gasteiger partial charge in [0.15, 0.2) is 0 Å². The van der Waals surface area contributed by atoms with Crippen molar-refractivity contribution in [2.45, 2.75) is 19.1 Å². The second-order valence-electron chi connectivity index (χ2n) is 5.30. The fraction of sp³-hybridized carbons (Fsp3) is 0.400. The van der Waals surface area contributed by atoms with E-state index in [4.69, 9.17) is 0 Å². The van der Waals surface area contributed by atoms with Crippen LogP contribution in [0.5, 0.6) is 0 Å². The quantitative estimate of drug-likeness (QED) is 0.848. The van der Waals surface area contributed by atoms with Crippen LogP contribution >= 0.6 is 40.7 Å². The molecule has 3 rings (SSSR count). The van der Waals surface area contributed by atoms with Crippen molar-refractivity contribution in [3.05, 3.63) is 52.0 Å². The van der Waals surface area contributed by atoms with Gasteiger partial charge in [-0.3, -0.25) is 4.90 Å². The number of imidazole rings is 1. The third-order valence-corrected chi connectivity index (χ3v) is 4.40. The lowest BCUT2D eigenvalue weighted by Crippen LogP contribution is -2.34. The number of halogens is 3. The molecule has 0 spiro atoms. The van der Waals surface area contributed by atoms with Gasteiger partial charge in [-0.25, -0.2) is 4.98 Å². The van der Waals surface area contributed by atoms with Crippen LogP contribution in [0, 0.1) is 0 Å². The summed E-state index contributed by atoms with van der Waals surface area (Å²) in [4.78, 5) is 6.70. The second kappa shape index (κ2) is 8.31. The van der Waals surface area contributed by atoms with Gasteiger partial charge >= 0.3 is 0 Å². The van der Waals surface area contributed by atoms with E-state index in [0.717, 1.165) is 35.2 Å². The molecule has 0 saturated heterocycles. The lowest BCUT2D eigenvalue weighted by Gasteiger charge is -2.28. The molecule has 1 aromatic carbocycles. The van der Waals surface area contributed by atoms with E-state index >= 15 is 0 Å². The molecule has 1 aromatic heterocycles. The topological polar surface area (TPSA) is 41.3 Å². The zero-order chi connectivity index (χ0) is 14.1. The minimum atomic E-state index is -0.451. The largest absolute Gasteiger partial charge is 0.387 e. The summed E-state index contributed by atoms with van der Waals surface area (Å²) in [6.45, 7) is 2.45. The molecule has 0 saturated carbocycles. The molecule has 0 aliphatic carbocycles. The molecule has 7 heteroatoms. The maximum absolute atomic E-state index is 10.3. The number of β-amino-alcohol motifs (C(OH)–C–C–N with tert-alkyl or cyclic N) is 1. The molecule has 0 amide bonds. The van der Waals surface area contributed by atoms with Crippen LogP contribution in [0.25, 0.3) is 0 Å². The highest BCUT2D eigenvalue weighted by molar-refractivity contribution is 9.10. The molecular weight excluding hydrogens is 389 g/mol. The molecule has 0 fully saturated rings. The SMILES string of the molecule is Cl.Cl.Cn1cnc2c1CCN(CC(O)c1ccc(Br)cc1)C2. The van der Waals surface area contributed by atoms with Crippen LogP contribution in [0.15, 0.2) is 35.1 Å². The summed E-state index contributed by atoms with van der Waals surface area (Å²) in [7, 11) is 2.04. The molecule has 122 valence electrons. The number of rotatable bonds is 3. The minimum absolute atomic E-state index is 0. The Morgan fingerprint density at radius 1 is 1.27 bits per heavy atom. The fourth-order valence-electron chi connectivity index (χ4n) is 2.70. The van der Waals surface area contributed by atoms with Crippen LogP contribution in [0.1, 0.15) is 23.1 Å². The first-order valence-corrected chi connectivity index (χ1v) is 7.58. The molecule has 2 aromatic rings. The Morgan fingerprint density at radius 3 is 2.64 bits per heavy atom. The van der Waals surface area contributed by atoms with Crippen LogP contribution in [0.2, 0.25) is 0 Å². The van der Waals surface area contributed by atoms with Gasteiger partial charge in [-0.15, -0.1) is 24.8 Å². The van der Waals surface area contributed by atoms with Crippen molar-refractivity contribution in [2.75, 3.05) is 13.1 Å². The molecule has 0 bridgehead atoms. The van der Waals surface area contributed by atoms with Crippen molar-refractivity contribution in [3.63, 3.8) is 0 Å². The van der Waals surface area contributed by atoms with Crippen LogP contribution in [0.4, 0.5) is 0 Å². The fourth-order valence-corrected chi connectivity index (χ4v) is 2.97. The van der Waals surface area contributed by atoms with Gasteiger partial charge in [0.05, 0.1) is 18.1 Å². The number of aromatic nitrogens is 2. The molecule has 1 unspecified atom stereocenters. The molecule has 0 radical (unpaired) electrons. The molecule has 1 atom stereocenters. The maximum Gasteiger partial charge on any atom is 0.0949 e. The molecule has 2 heterocycles. The third-order valence-electron chi connectivity index (χ3n) is 3.87. The summed E-state index contributed by atoms with van der Waals surface area (Å²) < 4.78 is 3.13. The van der Waals surface area contributed by atoms with E-state index in [1.165, 1.54) is 5.69 Å². The number of hydrogen-bond acceptors (Lipinski definition) is 3. The monoisotopic (exact) mass is 407 g/mol. The van der Waals surface area contributed by atoms with Gasteiger partial charge in [-0.1, -0.05) is 28.1 Å². The first kappa shape index (κ1) is 19.5. The summed E-state index contributed by atoms with van der Waals surface area (Å²) in [5.74, 6) is 0. The van der Waals surface area contributed by atoms with Gasteiger partial charge in [0.2, 0.25) is 0 Å². The van der Waals surface area contributed by atoms with E-state index in [9.17, 15) is 5.11 Å². The first-order valence-electron chi connectivity index (χ1n) is 6.78. The van der Waals surface area contributed by atoms with Crippen molar-refractivity contribution < 1.29 is 5.11 Å². The maximum atomic E-state index is 10.3. The third kappa shape index (κ3) is 4.24. The number of benzene rings is 1. The van der Waals surface area contributed by atoms with E-state index in [1.54, 1.807) is 0 Å². The van der Waals surface area contributed by atoms with E-state index < -0.39 is 6.10 Å².